The second-order valence-electron chi connectivity index (χ2n) is 8.02. The summed E-state index contributed by atoms with van der Waals surface area (Å²) in [7, 11) is 1.70. The Morgan fingerprint density at radius 3 is 2.70 bits per heavy atom. The van der Waals surface area contributed by atoms with Crippen LogP contribution in [0.2, 0.25) is 0 Å². The number of hydrogen-bond donors (Lipinski definition) is 0. The van der Waals surface area contributed by atoms with Gasteiger partial charge in [-0.3, -0.25) is 4.79 Å². The number of nitriles is 1. The summed E-state index contributed by atoms with van der Waals surface area (Å²) in [5, 5.41) is 9.50. The summed E-state index contributed by atoms with van der Waals surface area (Å²) in [5.41, 5.74) is 2.91. The predicted octanol–water partition coefficient (Wildman–Crippen LogP) is 2.82. The second-order valence-corrected chi connectivity index (χ2v) is 8.02. The highest BCUT2D eigenvalue weighted by Gasteiger charge is 2.41. The Hall–Kier alpha value is -2.13. The zero-order chi connectivity index (χ0) is 19.4. The van der Waals surface area contributed by atoms with Gasteiger partial charge in [-0.1, -0.05) is 0 Å². The van der Waals surface area contributed by atoms with E-state index in [0.29, 0.717) is 18.6 Å². The first-order valence-electron chi connectivity index (χ1n) is 9.88. The summed E-state index contributed by atoms with van der Waals surface area (Å²) < 4.78 is 5.13. The van der Waals surface area contributed by atoms with E-state index in [0.717, 1.165) is 68.9 Å². The molecule has 1 aromatic heterocycles. The van der Waals surface area contributed by atoms with Crippen molar-refractivity contribution in [2.45, 2.75) is 46.0 Å². The molecule has 0 aromatic carbocycles. The molecule has 0 aliphatic carbocycles. The van der Waals surface area contributed by atoms with Gasteiger partial charge in [0.05, 0.1) is 5.56 Å². The van der Waals surface area contributed by atoms with Gasteiger partial charge in [-0.25, -0.2) is 4.98 Å². The molecule has 0 unspecified atom stereocenters. The van der Waals surface area contributed by atoms with Gasteiger partial charge in [-0.15, -0.1) is 0 Å². The van der Waals surface area contributed by atoms with Crippen molar-refractivity contribution in [3.63, 3.8) is 0 Å². The Balaban J connectivity index is 1.67. The van der Waals surface area contributed by atoms with Gasteiger partial charge < -0.3 is 14.5 Å². The van der Waals surface area contributed by atoms with Gasteiger partial charge >= 0.3 is 0 Å². The van der Waals surface area contributed by atoms with E-state index in [1.165, 1.54) is 0 Å². The maximum absolute atomic E-state index is 12.3. The molecule has 146 valence electrons. The molecule has 0 atom stereocenters. The molecule has 0 N–H and O–H groups in total. The van der Waals surface area contributed by atoms with Crippen molar-refractivity contribution in [1.82, 2.24) is 9.88 Å². The number of likely N-dealkylation sites (tertiary alicyclic amines) is 1. The average molecular weight is 370 g/mol. The number of pyridine rings is 1. The first-order chi connectivity index (χ1) is 13.0. The lowest BCUT2D eigenvalue weighted by molar-refractivity contribution is -0.138. The number of carbonyl (C=O) groups is 1. The van der Waals surface area contributed by atoms with Crippen LogP contribution in [0, 0.1) is 30.6 Å². The highest BCUT2D eigenvalue weighted by molar-refractivity contribution is 5.77. The minimum atomic E-state index is 0.212. The fourth-order valence-corrected chi connectivity index (χ4v) is 4.32. The summed E-state index contributed by atoms with van der Waals surface area (Å²) in [5.74, 6) is 1.10. The summed E-state index contributed by atoms with van der Waals surface area (Å²) in [6.07, 6.45) is 4.60. The number of aryl methyl sites for hydroxylation is 2. The molecule has 0 radical (unpaired) electrons. The van der Waals surface area contributed by atoms with Crippen LogP contribution >= 0.6 is 0 Å². The summed E-state index contributed by atoms with van der Waals surface area (Å²) in [4.78, 5) is 21.3. The van der Waals surface area contributed by atoms with Crippen LogP contribution in [0.3, 0.4) is 0 Å². The number of piperidine rings is 2. The van der Waals surface area contributed by atoms with Crippen LogP contribution in [-0.2, 0) is 9.53 Å². The predicted molar refractivity (Wildman–Crippen MR) is 105 cm³/mol. The fourth-order valence-electron chi connectivity index (χ4n) is 4.32. The molecule has 0 saturated carbocycles. The molecule has 2 aliphatic rings. The third kappa shape index (κ3) is 4.24. The Bertz CT molecular complexity index is 732. The average Bonchev–Trinajstić information content (AvgIpc) is 2.67. The van der Waals surface area contributed by atoms with E-state index < -0.39 is 0 Å². The number of nitrogens with zero attached hydrogens (tertiary/aromatic N) is 4. The number of rotatable bonds is 5. The summed E-state index contributed by atoms with van der Waals surface area (Å²) in [6, 6.07) is 4.25. The molecule has 1 spiro atoms. The molecular weight excluding hydrogens is 340 g/mol. The first-order valence-corrected chi connectivity index (χ1v) is 9.88. The van der Waals surface area contributed by atoms with Crippen molar-refractivity contribution < 1.29 is 9.53 Å². The largest absolute Gasteiger partial charge is 0.385 e. The van der Waals surface area contributed by atoms with E-state index in [1.54, 1.807) is 7.11 Å². The van der Waals surface area contributed by atoms with E-state index in [4.69, 9.17) is 9.72 Å². The van der Waals surface area contributed by atoms with Crippen LogP contribution in [-0.4, -0.2) is 55.7 Å². The number of amides is 1. The van der Waals surface area contributed by atoms with Crippen LogP contribution in [0.4, 0.5) is 5.82 Å². The SMILES string of the molecule is COCCCN1CC2(CCC1=O)CCN(c1nc(C)c(C)cc1C#N)CC2. The lowest BCUT2D eigenvalue weighted by atomic mass is 9.72. The number of anilines is 1. The van der Waals surface area contributed by atoms with Crippen molar-refractivity contribution in [1.29, 1.82) is 5.26 Å². The van der Waals surface area contributed by atoms with E-state index in [9.17, 15) is 10.1 Å². The van der Waals surface area contributed by atoms with Crippen molar-refractivity contribution in [2.75, 3.05) is 44.8 Å². The standard InChI is InChI=1S/C21H30N4O2/c1-16-13-18(14-22)20(23-17(16)2)24-10-7-21(8-11-24)6-5-19(26)25(15-21)9-4-12-27-3/h13H,4-12,15H2,1-3H3. The minimum absolute atomic E-state index is 0.212. The van der Waals surface area contributed by atoms with Crippen LogP contribution < -0.4 is 4.90 Å². The first kappa shape index (κ1) is 19.6. The zero-order valence-corrected chi connectivity index (χ0v) is 16.8. The maximum Gasteiger partial charge on any atom is 0.222 e. The smallest absolute Gasteiger partial charge is 0.222 e. The molecule has 6 nitrogen and oxygen atoms in total. The number of ether oxygens (including phenoxy) is 1. The molecule has 0 bridgehead atoms. The molecule has 2 fully saturated rings. The van der Waals surface area contributed by atoms with Gasteiger partial charge in [0.15, 0.2) is 0 Å². The summed E-state index contributed by atoms with van der Waals surface area (Å²) >= 11 is 0. The topological polar surface area (TPSA) is 69.5 Å². The van der Waals surface area contributed by atoms with Crippen molar-refractivity contribution in [3.05, 3.63) is 22.9 Å². The Morgan fingerprint density at radius 1 is 1.30 bits per heavy atom. The monoisotopic (exact) mass is 370 g/mol. The van der Waals surface area contributed by atoms with Crippen molar-refractivity contribution in [3.8, 4) is 6.07 Å². The fraction of sp³-hybridized carbons (Fsp3) is 0.667. The molecule has 3 heterocycles. The van der Waals surface area contributed by atoms with E-state index in [-0.39, 0.29) is 11.3 Å². The molecule has 2 saturated heterocycles. The van der Waals surface area contributed by atoms with Gasteiger partial charge in [0, 0.05) is 52.0 Å². The number of aromatic nitrogens is 1. The minimum Gasteiger partial charge on any atom is -0.385 e. The quantitative estimate of drug-likeness (QED) is 0.746. The van der Waals surface area contributed by atoms with Gasteiger partial charge in [0.25, 0.3) is 0 Å². The Morgan fingerprint density at radius 2 is 2.04 bits per heavy atom. The van der Waals surface area contributed by atoms with E-state index in [1.807, 2.05) is 24.8 Å². The second kappa shape index (κ2) is 8.26. The van der Waals surface area contributed by atoms with Crippen LogP contribution in [0.5, 0.6) is 0 Å². The van der Waals surface area contributed by atoms with Crippen LogP contribution in [0.25, 0.3) is 0 Å². The van der Waals surface area contributed by atoms with Gasteiger partial charge in [-0.05, 0) is 56.6 Å². The molecule has 2 aliphatic heterocycles. The third-order valence-corrected chi connectivity index (χ3v) is 6.21. The molecule has 1 amide bonds. The van der Waals surface area contributed by atoms with E-state index in [2.05, 4.69) is 11.0 Å². The van der Waals surface area contributed by atoms with E-state index >= 15 is 0 Å². The van der Waals surface area contributed by atoms with Crippen molar-refractivity contribution in [2.24, 2.45) is 5.41 Å². The number of hydrogen-bond acceptors (Lipinski definition) is 5. The number of methoxy groups -OCH3 is 1. The van der Waals surface area contributed by atoms with Gasteiger partial charge in [0.1, 0.15) is 11.9 Å². The third-order valence-electron chi connectivity index (χ3n) is 6.21. The normalized spacial score (nSPS) is 19.4. The highest BCUT2D eigenvalue weighted by Crippen LogP contribution is 2.41. The number of carbonyl (C=O) groups excluding carboxylic acids is 1. The lowest BCUT2D eigenvalue weighted by Crippen LogP contribution is -2.52. The van der Waals surface area contributed by atoms with Crippen molar-refractivity contribution >= 4 is 11.7 Å². The lowest BCUT2D eigenvalue weighted by Gasteiger charge is -2.47. The molecular formula is C21H30N4O2. The summed E-state index contributed by atoms with van der Waals surface area (Å²) in [6.45, 7) is 8.12. The van der Waals surface area contributed by atoms with Gasteiger partial charge in [-0.2, -0.15) is 5.26 Å². The maximum atomic E-state index is 12.3. The Kier molecular flexibility index (Phi) is 6.01. The van der Waals surface area contributed by atoms with Gasteiger partial charge in [0.2, 0.25) is 5.91 Å². The molecule has 1 aromatic rings. The molecule has 3 rings (SSSR count). The zero-order valence-electron chi connectivity index (χ0n) is 16.8. The van der Waals surface area contributed by atoms with Crippen LogP contribution in [0.1, 0.15) is 48.9 Å². The molecule has 27 heavy (non-hydrogen) atoms. The molecule has 6 heteroatoms. The Labute approximate surface area is 162 Å². The van der Waals surface area contributed by atoms with Crippen LogP contribution in [0.15, 0.2) is 6.07 Å². The highest BCUT2D eigenvalue weighted by atomic mass is 16.5.